The molecule has 3 aromatic carbocycles. The van der Waals surface area contributed by atoms with Crippen LogP contribution in [0.2, 0.25) is 5.02 Å². The fourth-order valence-electron chi connectivity index (χ4n) is 2.97. The molecule has 7 nitrogen and oxygen atoms in total. The van der Waals surface area contributed by atoms with Crippen molar-refractivity contribution >= 4 is 40.8 Å². The number of ether oxygens (including phenoxy) is 2. The number of amides is 2. The van der Waals surface area contributed by atoms with Gasteiger partial charge in [-0.15, -0.1) is 0 Å². The first-order chi connectivity index (χ1) is 14.4. The Hall–Kier alpha value is -3.84. The van der Waals surface area contributed by atoms with E-state index in [4.69, 9.17) is 21.1 Å². The molecular formula is C22H15ClN2O5. The van der Waals surface area contributed by atoms with Crippen molar-refractivity contribution in [3.63, 3.8) is 0 Å². The fraction of sp³-hybridized carbons (Fsp3) is 0.0455. The summed E-state index contributed by atoms with van der Waals surface area (Å²) in [6.07, 6.45) is 0. The van der Waals surface area contributed by atoms with E-state index in [1.807, 2.05) is 0 Å². The number of halogens is 1. The van der Waals surface area contributed by atoms with E-state index < -0.39 is 17.8 Å². The molecule has 0 saturated heterocycles. The highest BCUT2D eigenvalue weighted by Crippen LogP contribution is 2.38. The van der Waals surface area contributed by atoms with Crippen molar-refractivity contribution in [1.82, 2.24) is 0 Å². The van der Waals surface area contributed by atoms with Crippen LogP contribution >= 0.6 is 11.6 Å². The second-order valence-electron chi connectivity index (χ2n) is 6.45. The standard InChI is InChI=1S/C22H15ClN2O5/c1-12(26)29-18-5-3-2-4-15(18)21(27)24-14-7-9-19-16(11-14)22(28)25-17-10-13(23)6-8-20(17)30-19/h2-11H,1H3,(H,24,27)(H,25,28). The molecule has 8 heteroatoms. The Morgan fingerprint density at radius 2 is 1.80 bits per heavy atom. The van der Waals surface area contributed by atoms with Gasteiger partial charge in [-0.25, -0.2) is 0 Å². The first kappa shape index (κ1) is 19.5. The van der Waals surface area contributed by atoms with E-state index in [1.165, 1.54) is 25.1 Å². The van der Waals surface area contributed by atoms with Gasteiger partial charge in [-0.3, -0.25) is 14.4 Å². The summed E-state index contributed by atoms with van der Waals surface area (Å²) in [7, 11) is 0. The van der Waals surface area contributed by atoms with Crippen LogP contribution in [0.3, 0.4) is 0 Å². The highest BCUT2D eigenvalue weighted by Gasteiger charge is 2.22. The molecule has 4 rings (SSSR count). The topological polar surface area (TPSA) is 93.7 Å². The molecule has 0 spiro atoms. The molecule has 0 aromatic heterocycles. The molecule has 150 valence electrons. The summed E-state index contributed by atoms with van der Waals surface area (Å²) in [5.41, 5.74) is 1.25. The molecule has 30 heavy (non-hydrogen) atoms. The average molecular weight is 423 g/mol. The number of carbonyl (C=O) groups excluding carboxylic acids is 3. The maximum absolute atomic E-state index is 12.7. The summed E-state index contributed by atoms with van der Waals surface area (Å²) in [6.45, 7) is 1.25. The molecule has 0 aliphatic carbocycles. The van der Waals surface area contributed by atoms with Gasteiger partial charge in [0.25, 0.3) is 11.8 Å². The third-order valence-electron chi connectivity index (χ3n) is 4.28. The van der Waals surface area contributed by atoms with Crippen molar-refractivity contribution in [3.8, 4) is 17.2 Å². The van der Waals surface area contributed by atoms with E-state index in [1.54, 1.807) is 42.5 Å². The van der Waals surface area contributed by atoms with Crippen molar-refractivity contribution in [2.45, 2.75) is 6.92 Å². The lowest BCUT2D eigenvalue weighted by Gasteiger charge is -2.11. The summed E-state index contributed by atoms with van der Waals surface area (Å²) in [5, 5.41) is 5.91. The Morgan fingerprint density at radius 1 is 1.03 bits per heavy atom. The first-order valence-electron chi connectivity index (χ1n) is 8.92. The van der Waals surface area contributed by atoms with Gasteiger partial charge in [0, 0.05) is 17.6 Å². The van der Waals surface area contributed by atoms with Gasteiger partial charge in [0.15, 0.2) is 5.75 Å². The van der Waals surface area contributed by atoms with Crippen molar-refractivity contribution in [1.29, 1.82) is 0 Å². The summed E-state index contributed by atoms with van der Waals surface area (Å²) >= 11 is 5.99. The Balaban J connectivity index is 1.61. The Morgan fingerprint density at radius 3 is 2.60 bits per heavy atom. The number of rotatable bonds is 3. The number of fused-ring (bicyclic) bond motifs is 2. The molecule has 2 N–H and O–H groups in total. The van der Waals surface area contributed by atoms with E-state index in [0.29, 0.717) is 27.9 Å². The number of anilines is 2. The molecule has 0 fully saturated rings. The minimum Gasteiger partial charge on any atom is -0.454 e. The van der Waals surface area contributed by atoms with Crippen LogP contribution in [0.4, 0.5) is 11.4 Å². The lowest BCUT2D eigenvalue weighted by Crippen LogP contribution is -2.16. The van der Waals surface area contributed by atoms with Crippen LogP contribution in [0.5, 0.6) is 17.2 Å². The third kappa shape index (κ3) is 3.97. The van der Waals surface area contributed by atoms with Crippen LogP contribution in [-0.2, 0) is 4.79 Å². The van der Waals surface area contributed by atoms with E-state index in [-0.39, 0.29) is 16.9 Å². The van der Waals surface area contributed by atoms with Gasteiger partial charge in [-0.1, -0.05) is 23.7 Å². The first-order valence-corrected chi connectivity index (χ1v) is 9.30. The Bertz CT molecular complexity index is 1190. The van der Waals surface area contributed by atoms with Crippen LogP contribution in [0, 0.1) is 0 Å². The maximum atomic E-state index is 12.7. The number of benzene rings is 3. The number of para-hydroxylation sites is 1. The highest BCUT2D eigenvalue weighted by atomic mass is 35.5. The predicted molar refractivity (Wildman–Crippen MR) is 112 cm³/mol. The predicted octanol–water partition coefficient (Wildman–Crippen LogP) is 4.88. The zero-order valence-corrected chi connectivity index (χ0v) is 16.4. The Kier molecular flexibility index (Phi) is 5.12. The van der Waals surface area contributed by atoms with E-state index in [0.717, 1.165) is 0 Å². The molecule has 0 radical (unpaired) electrons. The van der Waals surface area contributed by atoms with Gasteiger partial charge in [-0.05, 0) is 48.5 Å². The molecule has 1 aliphatic rings. The van der Waals surface area contributed by atoms with Gasteiger partial charge < -0.3 is 20.1 Å². The zero-order valence-electron chi connectivity index (χ0n) is 15.7. The van der Waals surface area contributed by atoms with Crippen LogP contribution in [0.25, 0.3) is 0 Å². The maximum Gasteiger partial charge on any atom is 0.308 e. The molecule has 1 aliphatic heterocycles. The molecule has 1 heterocycles. The van der Waals surface area contributed by atoms with Gasteiger partial charge in [0.05, 0.1) is 16.8 Å². The van der Waals surface area contributed by atoms with Gasteiger partial charge in [0.1, 0.15) is 11.5 Å². The van der Waals surface area contributed by atoms with Gasteiger partial charge in [-0.2, -0.15) is 0 Å². The smallest absolute Gasteiger partial charge is 0.308 e. The average Bonchev–Trinajstić information content (AvgIpc) is 2.83. The molecule has 0 saturated carbocycles. The highest BCUT2D eigenvalue weighted by molar-refractivity contribution is 6.31. The number of carbonyl (C=O) groups is 3. The molecule has 3 aromatic rings. The Labute approximate surface area is 176 Å². The number of nitrogens with one attached hydrogen (secondary N) is 2. The lowest BCUT2D eigenvalue weighted by molar-refractivity contribution is -0.131. The fourth-order valence-corrected chi connectivity index (χ4v) is 3.14. The molecular weight excluding hydrogens is 408 g/mol. The number of hydrogen-bond donors (Lipinski definition) is 2. The van der Waals surface area contributed by atoms with E-state index >= 15 is 0 Å². The van der Waals surface area contributed by atoms with Crippen LogP contribution in [0.15, 0.2) is 60.7 Å². The second-order valence-corrected chi connectivity index (χ2v) is 6.89. The zero-order chi connectivity index (χ0) is 21.3. The van der Waals surface area contributed by atoms with Crippen molar-refractivity contribution in [2.75, 3.05) is 10.6 Å². The lowest BCUT2D eigenvalue weighted by atomic mass is 10.1. The summed E-state index contributed by atoms with van der Waals surface area (Å²) in [6, 6.07) is 16.0. The summed E-state index contributed by atoms with van der Waals surface area (Å²) < 4.78 is 10.9. The second kappa shape index (κ2) is 7.88. The molecule has 0 unspecified atom stereocenters. The van der Waals surface area contributed by atoms with Gasteiger partial charge >= 0.3 is 5.97 Å². The van der Waals surface area contributed by atoms with Crippen molar-refractivity contribution in [3.05, 3.63) is 76.8 Å². The number of esters is 1. The van der Waals surface area contributed by atoms with Crippen LogP contribution < -0.4 is 20.1 Å². The van der Waals surface area contributed by atoms with E-state index in [2.05, 4.69) is 10.6 Å². The summed E-state index contributed by atoms with van der Waals surface area (Å²) in [4.78, 5) is 36.6. The molecule has 2 amide bonds. The van der Waals surface area contributed by atoms with Crippen LogP contribution in [0.1, 0.15) is 27.6 Å². The largest absolute Gasteiger partial charge is 0.454 e. The van der Waals surface area contributed by atoms with Crippen molar-refractivity contribution < 1.29 is 23.9 Å². The molecule has 0 atom stereocenters. The minimum atomic E-state index is -0.534. The normalized spacial score (nSPS) is 11.9. The minimum absolute atomic E-state index is 0.144. The quantitative estimate of drug-likeness (QED) is 0.463. The third-order valence-corrected chi connectivity index (χ3v) is 4.51. The SMILES string of the molecule is CC(=O)Oc1ccccc1C(=O)Nc1ccc2c(c1)C(=O)Nc1cc(Cl)ccc1O2. The number of hydrogen-bond acceptors (Lipinski definition) is 5. The van der Waals surface area contributed by atoms with Gasteiger partial charge in [0.2, 0.25) is 0 Å². The molecule has 0 bridgehead atoms. The van der Waals surface area contributed by atoms with Crippen LogP contribution in [-0.4, -0.2) is 17.8 Å². The van der Waals surface area contributed by atoms with E-state index in [9.17, 15) is 14.4 Å². The summed E-state index contributed by atoms with van der Waals surface area (Å²) in [5.74, 6) is -0.482. The monoisotopic (exact) mass is 422 g/mol. The van der Waals surface area contributed by atoms with Crippen molar-refractivity contribution in [2.24, 2.45) is 0 Å².